The number of fused-ring (bicyclic) bond motifs is 4. The van der Waals surface area contributed by atoms with E-state index in [2.05, 4.69) is 41.0 Å². The lowest BCUT2D eigenvalue weighted by Crippen LogP contribution is -2.63. The van der Waals surface area contributed by atoms with Gasteiger partial charge in [-0.3, -0.25) is 19.5 Å². The van der Waals surface area contributed by atoms with Gasteiger partial charge in [0.2, 0.25) is 5.96 Å². The van der Waals surface area contributed by atoms with E-state index in [-0.39, 0.29) is 11.9 Å². The second-order valence-electron chi connectivity index (χ2n) is 8.57. The molecule has 158 valence electrons. The number of rotatable bonds is 3. The molecule has 1 saturated heterocycles. The molecule has 5 rings (SSSR count). The summed E-state index contributed by atoms with van der Waals surface area (Å²) >= 11 is 0. The maximum absolute atomic E-state index is 12.9. The molecule has 2 atom stereocenters. The van der Waals surface area contributed by atoms with Crippen molar-refractivity contribution in [3.05, 3.63) is 46.8 Å². The van der Waals surface area contributed by atoms with Gasteiger partial charge in [0.1, 0.15) is 0 Å². The maximum Gasteiger partial charge on any atom is 0.328 e. The summed E-state index contributed by atoms with van der Waals surface area (Å²) in [6.45, 7) is 7.87. The molecule has 0 spiro atoms. The maximum atomic E-state index is 12.9. The van der Waals surface area contributed by atoms with E-state index in [9.17, 15) is 9.59 Å². The average molecular weight is 409 g/mol. The van der Waals surface area contributed by atoms with Gasteiger partial charge in [0.15, 0.2) is 12.2 Å². The number of nitrogens with zero attached hydrogens (tertiary/aromatic N) is 6. The number of hydrogen-bond donors (Lipinski definition) is 0. The zero-order valence-corrected chi connectivity index (χ0v) is 18.0. The highest BCUT2D eigenvalue weighted by Gasteiger charge is 2.54. The Bertz CT molecular complexity index is 986. The van der Waals surface area contributed by atoms with Crippen molar-refractivity contribution in [1.29, 1.82) is 0 Å². The highest BCUT2D eigenvalue weighted by Crippen LogP contribution is 2.37. The van der Waals surface area contributed by atoms with Crippen LogP contribution in [0.3, 0.4) is 0 Å². The van der Waals surface area contributed by atoms with Gasteiger partial charge < -0.3 is 9.80 Å². The van der Waals surface area contributed by atoms with Crippen LogP contribution in [0.25, 0.3) is 0 Å². The van der Waals surface area contributed by atoms with Crippen LogP contribution in [0.15, 0.2) is 40.7 Å². The fourth-order valence-corrected chi connectivity index (χ4v) is 5.02. The molecule has 4 heterocycles. The molecule has 0 radical (unpaired) electrons. The number of guanidine groups is 1. The Balaban J connectivity index is 1.35. The Morgan fingerprint density at radius 1 is 1.03 bits per heavy atom. The van der Waals surface area contributed by atoms with Crippen LogP contribution in [-0.4, -0.2) is 88.3 Å². The van der Waals surface area contributed by atoms with Crippen LogP contribution < -0.4 is 0 Å². The van der Waals surface area contributed by atoms with Gasteiger partial charge in [-0.25, -0.2) is 9.79 Å². The largest absolute Gasteiger partial charge is 0.328 e. The third kappa shape index (κ3) is 2.66. The average Bonchev–Trinajstić information content (AvgIpc) is 3.25. The Morgan fingerprint density at radius 3 is 2.53 bits per heavy atom. The lowest BCUT2D eigenvalue weighted by molar-refractivity contribution is -0.135. The van der Waals surface area contributed by atoms with E-state index >= 15 is 0 Å². The minimum absolute atomic E-state index is 0.191. The molecule has 0 aromatic heterocycles. The predicted molar refractivity (Wildman–Crippen MR) is 113 cm³/mol. The summed E-state index contributed by atoms with van der Waals surface area (Å²) in [6, 6.07) is 7.88. The fourth-order valence-electron chi connectivity index (χ4n) is 5.02. The van der Waals surface area contributed by atoms with E-state index in [0.717, 1.165) is 50.0 Å². The van der Waals surface area contributed by atoms with Gasteiger partial charge in [0, 0.05) is 51.7 Å². The lowest BCUT2D eigenvalue weighted by atomic mass is 10.00. The van der Waals surface area contributed by atoms with E-state index in [4.69, 9.17) is 4.99 Å². The smallest absolute Gasteiger partial charge is 0.313 e. The van der Waals surface area contributed by atoms with Crippen LogP contribution in [0.5, 0.6) is 0 Å². The van der Waals surface area contributed by atoms with Gasteiger partial charge in [-0.05, 0) is 31.4 Å². The van der Waals surface area contributed by atoms with Crippen LogP contribution in [0.4, 0.5) is 4.79 Å². The first-order valence-electron chi connectivity index (χ1n) is 10.5. The molecule has 4 aliphatic heterocycles. The van der Waals surface area contributed by atoms with E-state index < -0.39 is 12.2 Å². The van der Waals surface area contributed by atoms with Gasteiger partial charge in [-0.15, -0.1) is 0 Å². The minimum Gasteiger partial charge on any atom is -0.313 e. The monoisotopic (exact) mass is 408 g/mol. The number of benzene rings is 1. The molecular weight excluding hydrogens is 380 g/mol. The Labute approximate surface area is 177 Å². The number of likely N-dealkylation sites (N-methyl/N-ethyl adjacent to an activating group) is 2. The number of carbonyl (C=O) groups is 2. The number of imide groups is 1. The quantitative estimate of drug-likeness (QED) is 0.759. The first kappa shape index (κ1) is 19.1. The van der Waals surface area contributed by atoms with Crippen molar-refractivity contribution in [3.63, 3.8) is 0 Å². The van der Waals surface area contributed by atoms with Gasteiger partial charge in [0.05, 0.1) is 0 Å². The molecule has 0 saturated carbocycles. The van der Waals surface area contributed by atoms with Crippen LogP contribution >= 0.6 is 0 Å². The zero-order valence-electron chi connectivity index (χ0n) is 18.0. The Kier molecular flexibility index (Phi) is 4.36. The highest BCUT2D eigenvalue weighted by molar-refractivity contribution is 6.04. The number of hydrogen-bond acceptors (Lipinski definition) is 6. The Hall–Kier alpha value is -2.87. The number of aliphatic imine (C=N–C) groups is 1. The van der Waals surface area contributed by atoms with Crippen molar-refractivity contribution in [2.75, 3.05) is 33.7 Å². The summed E-state index contributed by atoms with van der Waals surface area (Å²) in [5, 5.41) is 0. The summed E-state index contributed by atoms with van der Waals surface area (Å²) in [4.78, 5) is 39.6. The van der Waals surface area contributed by atoms with Crippen molar-refractivity contribution in [2.24, 2.45) is 4.99 Å². The van der Waals surface area contributed by atoms with Crippen molar-refractivity contribution < 1.29 is 9.59 Å². The molecule has 1 fully saturated rings. The van der Waals surface area contributed by atoms with E-state index in [0.29, 0.717) is 0 Å². The molecule has 0 bridgehead atoms. The van der Waals surface area contributed by atoms with Gasteiger partial charge in [-0.2, -0.15) is 0 Å². The molecule has 0 N–H and O–H groups in total. The van der Waals surface area contributed by atoms with Crippen molar-refractivity contribution in [1.82, 2.24) is 24.5 Å². The molecule has 2 unspecified atom stereocenters. The third-order valence-corrected chi connectivity index (χ3v) is 6.97. The second kappa shape index (κ2) is 6.84. The molecule has 30 heavy (non-hydrogen) atoms. The first-order chi connectivity index (χ1) is 14.4. The summed E-state index contributed by atoms with van der Waals surface area (Å²) < 4.78 is 0. The summed E-state index contributed by atoms with van der Waals surface area (Å²) in [6.07, 6.45) is 0.609. The third-order valence-electron chi connectivity index (χ3n) is 6.97. The molecule has 8 nitrogen and oxygen atoms in total. The number of urea groups is 1. The lowest BCUT2D eigenvalue weighted by Gasteiger charge is -2.39. The van der Waals surface area contributed by atoms with Crippen molar-refractivity contribution in [2.45, 2.75) is 39.0 Å². The second-order valence-corrected chi connectivity index (χ2v) is 8.57. The molecule has 4 aliphatic rings. The summed E-state index contributed by atoms with van der Waals surface area (Å²) in [5.74, 6) is 0.601. The van der Waals surface area contributed by atoms with Crippen LogP contribution in [-0.2, 0) is 17.8 Å². The number of allylic oxidation sites excluding steroid dienone is 2. The van der Waals surface area contributed by atoms with E-state index in [1.165, 1.54) is 16.0 Å². The molecule has 3 amide bonds. The minimum atomic E-state index is -0.477. The molecule has 8 heteroatoms. The summed E-state index contributed by atoms with van der Waals surface area (Å²) in [5.41, 5.74) is 5.02. The SMILES string of the molecule is CC1=C(C)N2C(=NC3C2C(=O)N(C)C(=O)N3C)N1CCN1CCc2ccccc2C1. The number of amides is 3. The predicted octanol–water partition coefficient (Wildman–Crippen LogP) is 1.50. The molecule has 1 aromatic carbocycles. The Morgan fingerprint density at radius 2 is 1.77 bits per heavy atom. The van der Waals surface area contributed by atoms with Gasteiger partial charge in [-0.1, -0.05) is 24.3 Å². The molecule has 1 aromatic rings. The van der Waals surface area contributed by atoms with Crippen LogP contribution in [0, 0.1) is 0 Å². The summed E-state index contributed by atoms with van der Waals surface area (Å²) in [7, 11) is 3.26. The van der Waals surface area contributed by atoms with Crippen molar-refractivity contribution in [3.8, 4) is 0 Å². The van der Waals surface area contributed by atoms with E-state index in [1.807, 2.05) is 11.8 Å². The van der Waals surface area contributed by atoms with Crippen LogP contribution in [0.2, 0.25) is 0 Å². The normalized spacial score (nSPS) is 26.3. The molecule has 0 aliphatic carbocycles. The van der Waals surface area contributed by atoms with E-state index in [1.54, 1.807) is 19.0 Å². The first-order valence-corrected chi connectivity index (χ1v) is 10.5. The fraction of sp³-hybridized carbons (Fsp3) is 0.500. The molecular formula is C22H28N6O2. The topological polar surface area (TPSA) is 62.7 Å². The van der Waals surface area contributed by atoms with Gasteiger partial charge >= 0.3 is 6.03 Å². The zero-order chi connectivity index (χ0) is 21.2. The standard InChI is InChI=1S/C22H28N6O2/c1-14-15(2)28-18-19(24(3)22(30)25(4)20(18)29)23-21(28)27(14)12-11-26-10-9-16-7-5-6-8-17(16)13-26/h5-8,18-19H,9-13H2,1-4H3. The number of carbonyl (C=O) groups excluding carboxylic acids is 2. The van der Waals surface area contributed by atoms with Crippen molar-refractivity contribution >= 4 is 17.9 Å². The highest BCUT2D eigenvalue weighted by atomic mass is 16.2. The van der Waals surface area contributed by atoms with Crippen LogP contribution in [0.1, 0.15) is 25.0 Å². The van der Waals surface area contributed by atoms with Gasteiger partial charge in [0.25, 0.3) is 5.91 Å².